The maximum atomic E-state index is 8.69. The van der Waals surface area contributed by atoms with Gasteiger partial charge in [-0.3, -0.25) is 0 Å². The quantitative estimate of drug-likeness (QED) is 0.717. The van der Waals surface area contributed by atoms with Crippen LogP contribution in [0.5, 0.6) is 0 Å². The fourth-order valence-electron chi connectivity index (χ4n) is 1.60. The standard InChI is InChI=1S/C13H16BrClN2O/c1-18-8-7-17(6-2-5-16)12-4-3-11(10-15)13(14)9-12/h3-4,9H,2,6-8,10H2,1H3. The Bertz CT molecular complexity index is 420. The zero-order valence-electron chi connectivity index (χ0n) is 10.3. The summed E-state index contributed by atoms with van der Waals surface area (Å²) < 4.78 is 6.09. The highest BCUT2D eigenvalue weighted by atomic mass is 79.9. The Morgan fingerprint density at radius 2 is 2.22 bits per heavy atom. The smallest absolute Gasteiger partial charge is 0.0640 e. The Kier molecular flexibility index (Phi) is 7.11. The van der Waals surface area contributed by atoms with Gasteiger partial charge < -0.3 is 9.64 Å². The lowest BCUT2D eigenvalue weighted by molar-refractivity contribution is 0.205. The van der Waals surface area contributed by atoms with Crippen LogP contribution in [0.15, 0.2) is 22.7 Å². The zero-order valence-corrected chi connectivity index (χ0v) is 12.7. The highest BCUT2D eigenvalue weighted by Gasteiger charge is 2.08. The molecule has 0 aliphatic carbocycles. The van der Waals surface area contributed by atoms with Crippen LogP contribution < -0.4 is 4.90 Å². The number of nitriles is 1. The fraction of sp³-hybridized carbons (Fsp3) is 0.462. The summed E-state index contributed by atoms with van der Waals surface area (Å²) >= 11 is 9.33. The lowest BCUT2D eigenvalue weighted by atomic mass is 10.2. The highest BCUT2D eigenvalue weighted by molar-refractivity contribution is 9.10. The third-order valence-corrected chi connectivity index (χ3v) is 3.63. The van der Waals surface area contributed by atoms with Crippen LogP contribution in [0.25, 0.3) is 0 Å². The summed E-state index contributed by atoms with van der Waals surface area (Å²) in [6.07, 6.45) is 0.499. The van der Waals surface area contributed by atoms with Gasteiger partial charge in [0.05, 0.1) is 19.1 Å². The SMILES string of the molecule is COCCN(CCC#N)c1ccc(CCl)c(Br)c1. The van der Waals surface area contributed by atoms with Crippen molar-refractivity contribution in [2.24, 2.45) is 0 Å². The summed E-state index contributed by atoms with van der Waals surface area (Å²) in [5, 5.41) is 8.69. The van der Waals surface area contributed by atoms with Gasteiger partial charge >= 0.3 is 0 Å². The molecule has 0 N–H and O–H groups in total. The van der Waals surface area contributed by atoms with Crippen LogP contribution in [0.2, 0.25) is 0 Å². The van der Waals surface area contributed by atoms with Gasteiger partial charge in [0.15, 0.2) is 0 Å². The molecule has 0 atom stereocenters. The van der Waals surface area contributed by atoms with Crippen LogP contribution in [-0.4, -0.2) is 26.8 Å². The fourth-order valence-corrected chi connectivity index (χ4v) is 2.50. The maximum Gasteiger partial charge on any atom is 0.0640 e. The molecule has 0 bridgehead atoms. The summed E-state index contributed by atoms with van der Waals surface area (Å²) in [6.45, 7) is 2.11. The molecule has 3 nitrogen and oxygen atoms in total. The van der Waals surface area contributed by atoms with E-state index in [-0.39, 0.29) is 0 Å². The van der Waals surface area contributed by atoms with Crippen molar-refractivity contribution in [3.05, 3.63) is 28.2 Å². The predicted octanol–water partition coefficient (Wildman–Crippen LogP) is 3.55. The van der Waals surface area contributed by atoms with Gasteiger partial charge in [-0.25, -0.2) is 0 Å². The van der Waals surface area contributed by atoms with Crippen molar-refractivity contribution in [1.82, 2.24) is 0 Å². The van der Waals surface area contributed by atoms with Crippen molar-refractivity contribution < 1.29 is 4.74 Å². The first-order valence-corrected chi connectivity index (χ1v) is 7.01. The molecule has 0 spiro atoms. The maximum absolute atomic E-state index is 8.69. The van der Waals surface area contributed by atoms with Crippen LogP contribution in [-0.2, 0) is 10.6 Å². The molecule has 0 saturated heterocycles. The lowest BCUT2D eigenvalue weighted by Crippen LogP contribution is -2.28. The first kappa shape index (κ1) is 15.3. The molecular weight excluding hydrogens is 316 g/mol. The van der Waals surface area contributed by atoms with Crippen LogP contribution in [0.4, 0.5) is 5.69 Å². The zero-order chi connectivity index (χ0) is 13.4. The van der Waals surface area contributed by atoms with E-state index >= 15 is 0 Å². The number of halogens is 2. The Morgan fingerprint density at radius 3 is 2.78 bits per heavy atom. The van der Waals surface area contributed by atoms with Crippen molar-refractivity contribution in [2.75, 3.05) is 31.7 Å². The second kappa shape index (κ2) is 8.36. The highest BCUT2D eigenvalue weighted by Crippen LogP contribution is 2.25. The number of rotatable bonds is 7. The molecule has 0 saturated carbocycles. The summed E-state index contributed by atoms with van der Waals surface area (Å²) in [5.74, 6) is 0.483. The molecule has 0 fully saturated rings. The molecule has 1 rings (SSSR count). The number of ether oxygens (including phenoxy) is 1. The molecule has 0 aliphatic rings. The van der Waals surface area contributed by atoms with E-state index in [1.54, 1.807) is 7.11 Å². The molecule has 18 heavy (non-hydrogen) atoms. The molecule has 0 unspecified atom stereocenters. The third-order valence-electron chi connectivity index (χ3n) is 2.60. The van der Waals surface area contributed by atoms with Crippen molar-refractivity contribution in [3.8, 4) is 6.07 Å². The molecule has 0 radical (unpaired) electrons. The summed E-state index contributed by atoms with van der Waals surface area (Å²) in [4.78, 5) is 2.13. The molecule has 0 heterocycles. The molecular formula is C13H16BrClN2O. The lowest BCUT2D eigenvalue weighted by Gasteiger charge is -2.24. The number of anilines is 1. The number of benzene rings is 1. The van der Waals surface area contributed by atoms with Gasteiger partial charge in [0, 0.05) is 36.2 Å². The minimum atomic E-state index is 0.483. The van der Waals surface area contributed by atoms with Crippen molar-refractivity contribution >= 4 is 33.2 Å². The Labute approximate surface area is 121 Å². The van der Waals surface area contributed by atoms with Gasteiger partial charge in [-0.1, -0.05) is 22.0 Å². The Morgan fingerprint density at radius 1 is 1.44 bits per heavy atom. The normalized spacial score (nSPS) is 10.1. The summed E-state index contributed by atoms with van der Waals surface area (Å²) in [6, 6.07) is 8.22. The van der Waals surface area contributed by atoms with E-state index in [4.69, 9.17) is 21.6 Å². The number of methoxy groups -OCH3 is 1. The second-order valence-electron chi connectivity index (χ2n) is 3.80. The van der Waals surface area contributed by atoms with E-state index in [1.165, 1.54) is 0 Å². The molecule has 1 aromatic rings. The molecule has 0 amide bonds. The van der Waals surface area contributed by atoms with Gasteiger partial charge in [0.2, 0.25) is 0 Å². The van der Waals surface area contributed by atoms with E-state index in [9.17, 15) is 0 Å². The van der Waals surface area contributed by atoms with E-state index in [2.05, 4.69) is 26.9 Å². The second-order valence-corrected chi connectivity index (χ2v) is 4.92. The largest absolute Gasteiger partial charge is 0.383 e. The minimum absolute atomic E-state index is 0.483. The summed E-state index contributed by atoms with van der Waals surface area (Å²) in [5.41, 5.74) is 2.13. The van der Waals surface area contributed by atoms with Gasteiger partial charge in [-0.05, 0) is 17.7 Å². The molecule has 0 aliphatic heterocycles. The van der Waals surface area contributed by atoms with Crippen molar-refractivity contribution in [1.29, 1.82) is 5.26 Å². The predicted molar refractivity (Wildman–Crippen MR) is 78.0 cm³/mol. The van der Waals surface area contributed by atoms with Gasteiger partial charge in [0.1, 0.15) is 0 Å². The van der Waals surface area contributed by atoms with E-state index in [1.807, 2.05) is 18.2 Å². The van der Waals surface area contributed by atoms with Crippen LogP contribution >= 0.6 is 27.5 Å². The van der Waals surface area contributed by atoms with Gasteiger partial charge in [-0.15, -0.1) is 11.6 Å². The van der Waals surface area contributed by atoms with Crippen LogP contribution in [0.3, 0.4) is 0 Å². The minimum Gasteiger partial charge on any atom is -0.383 e. The van der Waals surface area contributed by atoms with Gasteiger partial charge in [-0.2, -0.15) is 5.26 Å². The van der Waals surface area contributed by atoms with E-state index in [0.29, 0.717) is 25.5 Å². The van der Waals surface area contributed by atoms with Crippen LogP contribution in [0, 0.1) is 11.3 Å². The molecule has 0 aromatic heterocycles. The van der Waals surface area contributed by atoms with E-state index < -0.39 is 0 Å². The van der Waals surface area contributed by atoms with Crippen LogP contribution in [0.1, 0.15) is 12.0 Å². The van der Waals surface area contributed by atoms with Crippen molar-refractivity contribution in [2.45, 2.75) is 12.3 Å². The molecule has 5 heteroatoms. The topological polar surface area (TPSA) is 36.3 Å². The first-order valence-electron chi connectivity index (χ1n) is 5.68. The van der Waals surface area contributed by atoms with E-state index in [0.717, 1.165) is 22.3 Å². The number of hydrogen-bond donors (Lipinski definition) is 0. The van der Waals surface area contributed by atoms with Crippen molar-refractivity contribution in [3.63, 3.8) is 0 Å². The number of alkyl halides is 1. The average Bonchev–Trinajstić information content (AvgIpc) is 2.39. The first-order chi connectivity index (χ1) is 8.72. The van der Waals surface area contributed by atoms with Gasteiger partial charge in [0.25, 0.3) is 0 Å². The number of hydrogen-bond acceptors (Lipinski definition) is 3. The Hall–Kier alpha value is -0.760. The average molecular weight is 332 g/mol. The monoisotopic (exact) mass is 330 g/mol. The number of nitrogens with zero attached hydrogens (tertiary/aromatic N) is 2. The third kappa shape index (κ3) is 4.49. The molecule has 1 aromatic carbocycles. The summed E-state index contributed by atoms with van der Waals surface area (Å²) in [7, 11) is 1.68. The Balaban J connectivity index is 2.83. The molecule has 98 valence electrons.